The molecule has 0 bridgehead atoms. The first-order chi connectivity index (χ1) is 15.2. The van der Waals surface area contributed by atoms with E-state index in [1.165, 1.54) is 18.5 Å². The number of aliphatic hydroxyl groups excluding tert-OH is 1. The zero-order chi connectivity index (χ0) is 23.3. The van der Waals surface area contributed by atoms with Crippen LogP contribution in [0.3, 0.4) is 0 Å². The third-order valence-electron chi connectivity index (χ3n) is 4.80. The standard InChI is InChI=1S/C21H26N4O6S/c1-14(2)31-24-25(21(27)28)19(10-15-6-4-3-5-7-15)20(26)12-32(29,30)16-8-9-17-18(11-16)23-13-22-17/h3-9,11,13-14,19-20,24,26H,10,12H2,1-2H3,(H,22,23)(H,27,28). The fourth-order valence-corrected chi connectivity index (χ4v) is 4.64. The van der Waals surface area contributed by atoms with Crippen molar-refractivity contribution >= 4 is 27.0 Å². The smallest absolute Gasteiger partial charge is 0.423 e. The summed E-state index contributed by atoms with van der Waals surface area (Å²) in [5, 5.41) is 21.3. The summed E-state index contributed by atoms with van der Waals surface area (Å²) in [6, 6.07) is 12.2. The van der Waals surface area contributed by atoms with Gasteiger partial charge in [0.1, 0.15) is 0 Å². The van der Waals surface area contributed by atoms with E-state index in [4.69, 9.17) is 4.84 Å². The monoisotopic (exact) mass is 462 g/mol. The highest BCUT2D eigenvalue weighted by atomic mass is 32.2. The summed E-state index contributed by atoms with van der Waals surface area (Å²) in [4.78, 5) is 24.0. The second kappa shape index (κ2) is 10.1. The molecule has 4 N–H and O–H groups in total. The Balaban J connectivity index is 1.88. The van der Waals surface area contributed by atoms with Crippen molar-refractivity contribution in [1.29, 1.82) is 0 Å². The summed E-state index contributed by atoms with van der Waals surface area (Å²) >= 11 is 0. The quantitative estimate of drug-likeness (QED) is 0.335. The van der Waals surface area contributed by atoms with Crippen molar-refractivity contribution < 1.29 is 28.3 Å². The van der Waals surface area contributed by atoms with Gasteiger partial charge in [0.15, 0.2) is 9.84 Å². The number of fused-ring (bicyclic) bond motifs is 1. The van der Waals surface area contributed by atoms with Gasteiger partial charge in [-0.1, -0.05) is 30.3 Å². The van der Waals surface area contributed by atoms with Crippen LogP contribution in [0.1, 0.15) is 19.4 Å². The average Bonchev–Trinajstić information content (AvgIpc) is 3.21. The molecule has 3 aromatic rings. The van der Waals surface area contributed by atoms with Crippen molar-refractivity contribution in [2.45, 2.75) is 43.4 Å². The maximum atomic E-state index is 13.0. The van der Waals surface area contributed by atoms with Gasteiger partial charge in [-0.3, -0.25) is 4.84 Å². The molecule has 0 aliphatic rings. The Morgan fingerprint density at radius 2 is 1.94 bits per heavy atom. The van der Waals surface area contributed by atoms with Crippen LogP contribution in [0.2, 0.25) is 0 Å². The first-order valence-corrected chi connectivity index (χ1v) is 11.6. The molecule has 2 aromatic carbocycles. The van der Waals surface area contributed by atoms with Crippen LogP contribution in [-0.4, -0.2) is 63.7 Å². The number of nitrogens with zero attached hydrogens (tertiary/aromatic N) is 2. The lowest BCUT2D eigenvalue weighted by Crippen LogP contribution is -2.56. The zero-order valence-corrected chi connectivity index (χ0v) is 18.5. The third kappa shape index (κ3) is 5.82. The number of hydrogen-bond acceptors (Lipinski definition) is 7. The highest BCUT2D eigenvalue weighted by Crippen LogP contribution is 2.20. The number of amides is 1. The molecule has 172 valence electrons. The van der Waals surface area contributed by atoms with Crippen molar-refractivity contribution in [2.75, 3.05) is 5.75 Å². The van der Waals surface area contributed by atoms with Crippen molar-refractivity contribution in [3.05, 3.63) is 60.4 Å². The summed E-state index contributed by atoms with van der Waals surface area (Å²) in [5.41, 5.74) is 4.21. The van der Waals surface area contributed by atoms with Crippen molar-refractivity contribution in [2.24, 2.45) is 0 Å². The van der Waals surface area contributed by atoms with Gasteiger partial charge in [0.2, 0.25) is 0 Å². The summed E-state index contributed by atoms with van der Waals surface area (Å²) in [6.07, 6.45) is -1.79. The number of hydrogen-bond donors (Lipinski definition) is 4. The molecule has 0 saturated carbocycles. The molecule has 11 heteroatoms. The largest absolute Gasteiger partial charge is 0.464 e. The number of aliphatic hydroxyl groups is 1. The topological polar surface area (TPSA) is 145 Å². The Hall–Kier alpha value is -2.99. The molecule has 10 nitrogen and oxygen atoms in total. The summed E-state index contributed by atoms with van der Waals surface area (Å²) in [7, 11) is -3.94. The van der Waals surface area contributed by atoms with Crippen LogP contribution in [-0.2, 0) is 21.1 Å². The van der Waals surface area contributed by atoms with Crippen LogP contribution >= 0.6 is 0 Å². The second-order valence-electron chi connectivity index (χ2n) is 7.60. The van der Waals surface area contributed by atoms with Crippen LogP contribution in [0.5, 0.6) is 0 Å². The molecular formula is C21H26N4O6S. The zero-order valence-electron chi connectivity index (χ0n) is 17.7. The first kappa shape index (κ1) is 23.7. The number of aromatic amines is 1. The maximum absolute atomic E-state index is 13.0. The molecule has 32 heavy (non-hydrogen) atoms. The molecule has 3 rings (SSSR count). The SMILES string of the molecule is CC(C)ONN(C(=O)O)C(Cc1ccccc1)C(O)CS(=O)(=O)c1ccc2nc[nH]c2c1. The first-order valence-electron chi connectivity index (χ1n) is 9.98. The number of imidazole rings is 1. The number of sulfone groups is 1. The van der Waals surface area contributed by atoms with E-state index in [1.807, 2.05) is 0 Å². The van der Waals surface area contributed by atoms with E-state index in [1.54, 1.807) is 50.2 Å². The summed E-state index contributed by atoms with van der Waals surface area (Å²) in [6.45, 7) is 3.40. The van der Waals surface area contributed by atoms with Crippen LogP contribution in [0.15, 0.2) is 59.8 Å². The number of H-pyrrole nitrogens is 1. The van der Waals surface area contributed by atoms with E-state index >= 15 is 0 Å². The molecule has 0 radical (unpaired) electrons. The normalized spacial score (nSPS) is 13.9. The van der Waals surface area contributed by atoms with Gasteiger partial charge in [-0.25, -0.2) is 23.2 Å². The Bertz CT molecular complexity index is 1150. The van der Waals surface area contributed by atoms with E-state index in [0.717, 1.165) is 5.56 Å². The number of benzene rings is 2. The lowest BCUT2D eigenvalue weighted by atomic mass is 10.0. The predicted molar refractivity (Wildman–Crippen MR) is 117 cm³/mol. The van der Waals surface area contributed by atoms with E-state index in [9.17, 15) is 23.4 Å². The van der Waals surface area contributed by atoms with E-state index in [-0.39, 0.29) is 17.4 Å². The minimum Gasteiger partial charge on any atom is -0.464 e. The minimum atomic E-state index is -3.94. The van der Waals surface area contributed by atoms with Crippen LogP contribution < -0.4 is 5.59 Å². The third-order valence-corrected chi connectivity index (χ3v) is 6.55. The van der Waals surface area contributed by atoms with Crippen molar-refractivity contribution in [1.82, 2.24) is 20.6 Å². The van der Waals surface area contributed by atoms with Crippen LogP contribution in [0.4, 0.5) is 4.79 Å². The summed E-state index contributed by atoms with van der Waals surface area (Å²) < 4.78 is 26.0. The molecular weight excluding hydrogens is 436 g/mol. The van der Waals surface area contributed by atoms with E-state index in [2.05, 4.69) is 15.6 Å². The molecule has 0 saturated heterocycles. The fraction of sp³-hybridized carbons (Fsp3) is 0.333. The van der Waals surface area contributed by atoms with Gasteiger partial charge in [-0.15, -0.1) is 5.59 Å². The van der Waals surface area contributed by atoms with Gasteiger partial charge >= 0.3 is 6.09 Å². The van der Waals surface area contributed by atoms with E-state index in [0.29, 0.717) is 16.0 Å². The Morgan fingerprint density at radius 3 is 2.59 bits per heavy atom. The van der Waals surface area contributed by atoms with Gasteiger partial charge in [0.05, 0.1) is 46.3 Å². The highest BCUT2D eigenvalue weighted by molar-refractivity contribution is 7.91. The highest BCUT2D eigenvalue weighted by Gasteiger charge is 2.34. The lowest BCUT2D eigenvalue weighted by molar-refractivity contribution is -0.125. The Morgan fingerprint density at radius 1 is 1.22 bits per heavy atom. The fourth-order valence-electron chi connectivity index (χ4n) is 3.21. The van der Waals surface area contributed by atoms with Crippen LogP contribution in [0.25, 0.3) is 11.0 Å². The Labute approximate surface area is 185 Å². The van der Waals surface area contributed by atoms with Gasteiger partial charge in [0.25, 0.3) is 0 Å². The average molecular weight is 463 g/mol. The van der Waals surface area contributed by atoms with Gasteiger partial charge in [-0.2, -0.15) is 0 Å². The maximum Gasteiger partial charge on any atom is 0.423 e. The minimum absolute atomic E-state index is 0.0000238. The number of nitrogens with one attached hydrogen (secondary N) is 2. The molecule has 0 aliphatic heterocycles. The van der Waals surface area contributed by atoms with Gasteiger partial charge in [-0.05, 0) is 44.0 Å². The number of carbonyl (C=O) groups is 1. The predicted octanol–water partition coefficient (Wildman–Crippen LogP) is 2.13. The molecule has 0 spiro atoms. The van der Waals surface area contributed by atoms with Crippen LogP contribution in [0, 0.1) is 0 Å². The van der Waals surface area contributed by atoms with Crippen molar-refractivity contribution in [3.8, 4) is 0 Å². The van der Waals surface area contributed by atoms with Crippen molar-refractivity contribution in [3.63, 3.8) is 0 Å². The number of aromatic nitrogens is 2. The molecule has 0 aliphatic carbocycles. The number of hydrazine groups is 1. The van der Waals surface area contributed by atoms with Gasteiger partial charge in [0, 0.05) is 0 Å². The summed E-state index contributed by atoms with van der Waals surface area (Å²) in [5.74, 6) is -0.683. The molecule has 1 aromatic heterocycles. The molecule has 1 amide bonds. The number of rotatable bonds is 10. The lowest BCUT2D eigenvalue weighted by Gasteiger charge is -2.33. The van der Waals surface area contributed by atoms with Gasteiger partial charge < -0.3 is 15.2 Å². The molecule has 0 fully saturated rings. The second-order valence-corrected chi connectivity index (χ2v) is 9.63. The van der Waals surface area contributed by atoms with E-state index < -0.39 is 33.8 Å². The Kier molecular flexibility index (Phi) is 7.46. The number of carboxylic acid groups (broad SMARTS) is 1. The molecule has 2 unspecified atom stereocenters. The molecule has 1 heterocycles. The molecule has 2 atom stereocenters.